The van der Waals surface area contributed by atoms with Crippen molar-refractivity contribution in [2.45, 2.75) is 168 Å². The fraction of sp³-hybridized carbons (Fsp3) is 0.839. The van der Waals surface area contributed by atoms with E-state index in [9.17, 15) is 0 Å². The molecular formula is C31H58N+. The van der Waals surface area contributed by atoms with Gasteiger partial charge >= 0.3 is 0 Å². The molecule has 1 heteroatoms. The van der Waals surface area contributed by atoms with Gasteiger partial charge in [-0.05, 0) is 6.42 Å². The van der Waals surface area contributed by atoms with Crippen LogP contribution in [0.5, 0.6) is 0 Å². The van der Waals surface area contributed by atoms with Gasteiger partial charge in [0.2, 0.25) is 0 Å². The molecule has 0 unspecified atom stereocenters. The molecule has 186 valence electrons. The van der Waals surface area contributed by atoms with E-state index in [2.05, 4.69) is 42.1 Å². The number of nitrogens with zero attached hydrogens (tertiary/aromatic N) is 1. The standard InChI is InChI=1S/C31H58N/c1-2-3-4-5-6-7-8-9-10-11-12-13-14-15-16-17-18-19-20-21-22-23-24-26-29-32-30-27-25-28-31-32/h25,27-28,30-31H,2-24,26,29H2,1H3/q+1. The van der Waals surface area contributed by atoms with Crippen molar-refractivity contribution in [1.82, 2.24) is 0 Å². The minimum Gasteiger partial charge on any atom is -0.205 e. The van der Waals surface area contributed by atoms with Crippen LogP contribution in [0.3, 0.4) is 0 Å². The maximum Gasteiger partial charge on any atom is 0.168 e. The normalized spacial score (nSPS) is 11.3. The van der Waals surface area contributed by atoms with E-state index in [1.54, 1.807) is 0 Å². The summed E-state index contributed by atoms with van der Waals surface area (Å²) in [5.41, 5.74) is 0. The van der Waals surface area contributed by atoms with Gasteiger partial charge in [0.25, 0.3) is 0 Å². The van der Waals surface area contributed by atoms with E-state index in [-0.39, 0.29) is 0 Å². The third-order valence-electron chi connectivity index (χ3n) is 7.05. The summed E-state index contributed by atoms with van der Waals surface area (Å²) in [6.07, 6.45) is 39.4. The van der Waals surface area contributed by atoms with Crippen molar-refractivity contribution in [3.8, 4) is 0 Å². The molecule has 1 nitrogen and oxygen atoms in total. The van der Waals surface area contributed by atoms with E-state index in [4.69, 9.17) is 0 Å². The second-order valence-electron chi connectivity index (χ2n) is 10.2. The average molecular weight is 445 g/mol. The van der Waals surface area contributed by atoms with E-state index in [1.165, 1.54) is 161 Å². The molecule has 1 heterocycles. The lowest BCUT2D eigenvalue weighted by Gasteiger charge is -2.04. The van der Waals surface area contributed by atoms with Gasteiger partial charge in [0.1, 0.15) is 6.54 Å². The summed E-state index contributed by atoms with van der Waals surface area (Å²) in [7, 11) is 0. The van der Waals surface area contributed by atoms with Crippen molar-refractivity contribution < 1.29 is 4.57 Å². The molecular weight excluding hydrogens is 386 g/mol. The van der Waals surface area contributed by atoms with Crippen LogP contribution in [-0.4, -0.2) is 0 Å². The van der Waals surface area contributed by atoms with Crippen molar-refractivity contribution in [1.29, 1.82) is 0 Å². The van der Waals surface area contributed by atoms with Crippen LogP contribution >= 0.6 is 0 Å². The number of pyridine rings is 1. The van der Waals surface area contributed by atoms with Crippen LogP contribution in [0.4, 0.5) is 0 Å². The minimum absolute atomic E-state index is 1.18. The summed E-state index contributed by atoms with van der Waals surface area (Å²) in [6.45, 7) is 3.48. The van der Waals surface area contributed by atoms with Gasteiger partial charge in [-0.1, -0.05) is 154 Å². The zero-order valence-corrected chi connectivity index (χ0v) is 22.0. The Morgan fingerprint density at radius 1 is 0.344 bits per heavy atom. The predicted molar refractivity (Wildman–Crippen MR) is 143 cm³/mol. The largest absolute Gasteiger partial charge is 0.205 e. The Morgan fingerprint density at radius 3 is 0.938 bits per heavy atom. The average Bonchev–Trinajstić information content (AvgIpc) is 2.82. The second-order valence-corrected chi connectivity index (χ2v) is 10.2. The van der Waals surface area contributed by atoms with Crippen molar-refractivity contribution >= 4 is 0 Å². The Kier molecular flexibility index (Phi) is 22.6. The third kappa shape index (κ3) is 21.0. The Hall–Kier alpha value is -0.850. The lowest BCUT2D eigenvalue weighted by Crippen LogP contribution is -2.32. The number of hydrogen-bond acceptors (Lipinski definition) is 0. The summed E-state index contributed by atoms with van der Waals surface area (Å²) in [6, 6.07) is 6.34. The zero-order valence-electron chi connectivity index (χ0n) is 22.0. The van der Waals surface area contributed by atoms with E-state index in [0.29, 0.717) is 0 Å². The lowest BCUT2D eigenvalue weighted by atomic mass is 10.0. The first-order valence-electron chi connectivity index (χ1n) is 14.9. The first-order chi connectivity index (χ1) is 15.9. The zero-order chi connectivity index (χ0) is 22.8. The van der Waals surface area contributed by atoms with Crippen LogP contribution in [0.15, 0.2) is 30.6 Å². The number of unbranched alkanes of at least 4 members (excludes halogenated alkanes) is 23. The molecule has 0 saturated heterocycles. The number of aromatic nitrogens is 1. The van der Waals surface area contributed by atoms with Gasteiger partial charge in [0, 0.05) is 18.6 Å². The Balaban J connectivity index is 1.64. The van der Waals surface area contributed by atoms with Gasteiger partial charge in [-0.25, -0.2) is 4.57 Å². The molecule has 1 aromatic heterocycles. The van der Waals surface area contributed by atoms with Crippen LogP contribution in [0.25, 0.3) is 0 Å². The number of hydrogen-bond donors (Lipinski definition) is 0. The predicted octanol–water partition coefficient (Wildman–Crippen LogP) is 10.4. The molecule has 0 bridgehead atoms. The van der Waals surface area contributed by atoms with Crippen LogP contribution in [-0.2, 0) is 6.54 Å². The highest BCUT2D eigenvalue weighted by atomic mass is 14.9. The van der Waals surface area contributed by atoms with E-state index < -0.39 is 0 Å². The molecule has 0 aliphatic carbocycles. The van der Waals surface area contributed by atoms with Gasteiger partial charge < -0.3 is 0 Å². The van der Waals surface area contributed by atoms with Crippen LogP contribution in [0, 0.1) is 0 Å². The van der Waals surface area contributed by atoms with Crippen LogP contribution in [0.1, 0.15) is 161 Å². The van der Waals surface area contributed by atoms with Crippen LogP contribution < -0.4 is 4.57 Å². The summed E-state index contributed by atoms with van der Waals surface area (Å²) >= 11 is 0. The van der Waals surface area contributed by atoms with Crippen molar-refractivity contribution in [2.75, 3.05) is 0 Å². The third-order valence-corrected chi connectivity index (χ3v) is 7.05. The van der Waals surface area contributed by atoms with E-state index in [1.807, 2.05) is 0 Å². The van der Waals surface area contributed by atoms with E-state index >= 15 is 0 Å². The molecule has 0 spiro atoms. The highest BCUT2D eigenvalue weighted by molar-refractivity contribution is 4.83. The molecule has 0 radical (unpaired) electrons. The van der Waals surface area contributed by atoms with Crippen molar-refractivity contribution in [2.24, 2.45) is 0 Å². The molecule has 1 rings (SSSR count). The SMILES string of the molecule is CCCCCCCCCCCCCCCCCCCCCCCCCC[n+]1ccccc1. The Bertz CT molecular complexity index is 455. The fourth-order valence-corrected chi connectivity index (χ4v) is 4.84. The van der Waals surface area contributed by atoms with Gasteiger partial charge in [-0.15, -0.1) is 0 Å². The molecule has 1 aromatic rings. The molecule has 0 saturated carbocycles. The quantitative estimate of drug-likeness (QED) is 0.104. The maximum absolute atomic E-state index is 2.30. The molecule has 0 fully saturated rings. The van der Waals surface area contributed by atoms with Gasteiger partial charge in [0.15, 0.2) is 12.4 Å². The molecule has 0 amide bonds. The van der Waals surface area contributed by atoms with Crippen molar-refractivity contribution in [3.63, 3.8) is 0 Å². The smallest absolute Gasteiger partial charge is 0.168 e. The monoisotopic (exact) mass is 444 g/mol. The number of aryl methyl sites for hydroxylation is 1. The highest BCUT2D eigenvalue weighted by Crippen LogP contribution is 2.15. The topological polar surface area (TPSA) is 3.88 Å². The molecule has 0 aromatic carbocycles. The molecule has 0 N–H and O–H groups in total. The number of rotatable bonds is 25. The molecule has 32 heavy (non-hydrogen) atoms. The van der Waals surface area contributed by atoms with Gasteiger partial charge in [-0.3, -0.25) is 0 Å². The lowest BCUT2D eigenvalue weighted by molar-refractivity contribution is -0.697. The maximum atomic E-state index is 2.30. The molecule has 0 atom stereocenters. The first kappa shape index (κ1) is 29.2. The summed E-state index contributed by atoms with van der Waals surface area (Å²) in [5, 5.41) is 0. The highest BCUT2D eigenvalue weighted by Gasteiger charge is 1.98. The van der Waals surface area contributed by atoms with E-state index in [0.717, 1.165) is 0 Å². The molecule has 0 aliphatic heterocycles. The van der Waals surface area contributed by atoms with Gasteiger partial charge in [-0.2, -0.15) is 0 Å². The Morgan fingerprint density at radius 2 is 0.625 bits per heavy atom. The van der Waals surface area contributed by atoms with Gasteiger partial charge in [0.05, 0.1) is 0 Å². The van der Waals surface area contributed by atoms with Crippen LogP contribution in [0.2, 0.25) is 0 Å². The first-order valence-corrected chi connectivity index (χ1v) is 14.9. The molecule has 0 aliphatic rings. The Labute approximate surface area is 202 Å². The second kappa shape index (κ2) is 24.8. The summed E-state index contributed by atoms with van der Waals surface area (Å²) in [5.74, 6) is 0. The fourth-order valence-electron chi connectivity index (χ4n) is 4.84. The summed E-state index contributed by atoms with van der Waals surface area (Å²) in [4.78, 5) is 0. The minimum atomic E-state index is 1.18. The van der Waals surface area contributed by atoms with Crippen molar-refractivity contribution in [3.05, 3.63) is 30.6 Å². The summed E-state index contributed by atoms with van der Waals surface area (Å²) < 4.78 is 2.30.